The Balaban J connectivity index is 1.65. The van der Waals surface area contributed by atoms with Crippen LogP contribution in [0, 0.1) is 6.92 Å². The van der Waals surface area contributed by atoms with Crippen molar-refractivity contribution in [3.05, 3.63) is 11.6 Å². The average Bonchev–Trinajstić information content (AvgIpc) is 2.66. The van der Waals surface area contributed by atoms with Crippen molar-refractivity contribution in [3.63, 3.8) is 0 Å². The topological polar surface area (TPSA) is 62.8 Å². The lowest BCUT2D eigenvalue weighted by Crippen LogP contribution is -2.37. The van der Waals surface area contributed by atoms with E-state index in [9.17, 15) is 0 Å². The van der Waals surface area contributed by atoms with Gasteiger partial charge >= 0.3 is 0 Å². The monoisotopic (exact) mass is 210 g/mol. The average molecular weight is 210 g/mol. The van der Waals surface area contributed by atoms with Gasteiger partial charge in [0.25, 0.3) is 0 Å². The molecule has 1 aromatic heterocycles. The van der Waals surface area contributed by atoms with Gasteiger partial charge in [0.05, 0.1) is 6.61 Å². The summed E-state index contributed by atoms with van der Waals surface area (Å²) in [6.07, 6.45) is 3.26. The Bertz CT molecular complexity index is 293. The van der Waals surface area contributed by atoms with E-state index < -0.39 is 0 Å². The van der Waals surface area contributed by atoms with Gasteiger partial charge in [-0.1, -0.05) is 0 Å². The first-order chi connectivity index (χ1) is 7.34. The van der Waals surface area contributed by atoms with Gasteiger partial charge in [0.2, 0.25) is 0 Å². The van der Waals surface area contributed by atoms with E-state index >= 15 is 0 Å². The van der Waals surface area contributed by atoms with E-state index in [2.05, 4.69) is 20.5 Å². The predicted molar refractivity (Wildman–Crippen MR) is 56.7 cm³/mol. The lowest BCUT2D eigenvalue weighted by molar-refractivity contribution is 0.0707. The molecule has 0 amide bonds. The van der Waals surface area contributed by atoms with Crippen LogP contribution in [-0.2, 0) is 11.2 Å². The molecule has 2 heterocycles. The second-order valence-electron chi connectivity index (χ2n) is 3.96. The smallest absolute Gasteiger partial charge is 0.151 e. The molecule has 0 bridgehead atoms. The van der Waals surface area contributed by atoms with Gasteiger partial charge < -0.3 is 10.1 Å². The molecule has 2 rings (SSSR count). The van der Waals surface area contributed by atoms with Gasteiger partial charge in [0.15, 0.2) is 5.82 Å². The molecule has 1 aromatic rings. The summed E-state index contributed by atoms with van der Waals surface area (Å²) < 4.78 is 5.39. The van der Waals surface area contributed by atoms with Crippen LogP contribution >= 0.6 is 0 Å². The molecule has 84 valence electrons. The number of ether oxygens (including phenoxy) is 1. The fourth-order valence-corrected chi connectivity index (χ4v) is 1.79. The lowest BCUT2D eigenvalue weighted by atomic mass is 10.1. The summed E-state index contributed by atoms with van der Waals surface area (Å²) in [6.45, 7) is 4.59. The predicted octanol–water partition coefficient (Wildman–Crippen LogP) is 0.424. The third-order valence-electron chi connectivity index (χ3n) is 2.59. The Morgan fingerprint density at radius 2 is 2.53 bits per heavy atom. The zero-order valence-electron chi connectivity index (χ0n) is 9.12. The van der Waals surface area contributed by atoms with Crippen LogP contribution in [0.5, 0.6) is 0 Å². The minimum absolute atomic E-state index is 0.513. The second-order valence-corrected chi connectivity index (χ2v) is 3.96. The van der Waals surface area contributed by atoms with Crippen molar-refractivity contribution in [3.8, 4) is 0 Å². The van der Waals surface area contributed by atoms with Gasteiger partial charge in [-0.25, -0.2) is 4.98 Å². The highest BCUT2D eigenvalue weighted by Gasteiger charge is 2.12. The number of hydrogen-bond acceptors (Lipinski definition) is 4. The minimum Gasteiger partial charge on any atom is -0.380 e. The molecule has 0 aromatic carbocycles. The number of aromatic nitrogens is 3. The standard InChI is InChI=1S/C10H18N4O/c1-8-12-10(14-13-8)4-5-11-9-3-2-6-15-7-9/h9,11H,2-7H2,1H3,(H,12,13,14). The fourth-order valence-electron chi connectivity index (χ4n) is 1.79. The van der Waals surface area contributed by atoms with Crippen LogP contribution in [0.1, 0.15) is 24.5 Å². The number of H-pyrrole nitrogens is 1. The number of aryl methyl sites for hydroxylation is 1. The van der Waals surface area contributed by atoms with Gasteiger partial charge in [-0.3, -0.25) is 5.10 Å². The molecule has 15 heavy (non-hydrogen) atoms. The van der Waals surface area contributed by atoms with Gasteiger partial charge in [-0.15, -0.1) is 0 Å². The van der Waals surface area contributed by atoms with Crippen molar-refractivity contribution >= 4 is 0 Å². The Kier molecular flexibility index (Phi) is 3.69. The highest BCUT2D eigenvalue weighted by atomic mass is 16.5. The SMILES string of the molecule is Cc1nc(CCNC2CCCOC2)n[nH]1. The molecule has 1 unspecified atom stereocenters. The highest BCUT2D eigenvalue weighted by molar-refractivity contribution is 4.88. The first kappa shape index (κ1) is 10.6. The first-order valence-corrected chi connectivity index (χ1v) is 5.53. The third kappa shape index (κ3) is 3.28. The van der Waals surface area contributed by atoms with E-state index in [-0.39, 0.29) is 0 Å². The molecule has 0 aliphatic carbocycles. The van der Waals surface area contributed by atoms with Crippen molar-refractivity contribution in [1.29, 1.82) is 0 Å². The summed E-state index contributed by atoms with van der Waals surface area (Å²) in [5.41, 5.74) is 0. The van der Waals surface area contributed by atoms with Crippen molar-refractivity contribution in [2.45, 2.75) is 32.2 Å². The molecule has 0 radical (unpaired) electrons. The molecule has 1 aliphatic heterocycles. The Labute approximate surface area is 89.6 Å². The quantitative estimate of drug-likeness (QED) is 0.756. The molecule has 5 heteroatoms. The molecule has 1 aliphatic rings. The number of hydrogen-bond donors (Lipinski definition) is 2. The lowest BCUT2D eigenvalue weighted by Gasteiger charge is -2.22. The molecular formula is C10H18N4O. The van der Waals surface area contributed by atoms with Crippen LogP contribution in [0.15, 0.2) is 0 Å². The van der Waals surface area contributed by atoms with E-state index in [1.807, 2.05) is 6.92 Å². The summed E-state index contributed by atoms with van der Waals surface area (Å²) >= 11 is 0. The maximum atomic E-state index is 5.39. The van der Waals surface area contributed by atoms with E-state index in [1.54, 1.807) is 0 Å². The Hall–Kier alpha value is -0.940. The molecule has 0 spiro atoms. The maximum absolute atomic E-state index is 5.39. The van der Waals surface area contributed by atoms with Crippen molar-refractivity contribution in [2.75, 3.05) is 19.8 Å². The van der Waals surface area contributed by atoms with Crippen LogP contribution < -0.4 is 5.32 Å². The van der Waals surface area contributed by atoms with Gasteiger partial charge in [-0.2, -0.15) is 5.10 Å². The number of rotatable bonds is 4. The second kappa shape index (κ2) is 5.23. The van der Waals surface area contributed by atoms with Crippen LogP contribution in [-0.4, -0.2) is 41.0 Å². The molecule has 2 N–H and O–H groups in total. The minimum atomic E-state index is 0.513. The van der Waals surface area contributed by atoms with E-state index in [4.69, 9.17) is 4.74 Å². The molecule has 0 saturated carbocycles. The van der Waals surface area contributed by atoms with Crippen LogP contribution in [0.2, 0.25) is 0 Å². The number of nitrogens with one attached hydrogen (secondary N) is 2. The van der Waals surface area contributed by atoms with E-state index in [1.165, 1.54) is 6.42 Å². The van der Waals surface area contributed by atoms with Crippen molar-refractivity contribution < 1.29 is 4.74 Å². The number of aromatic amines is 1. The summed E-state index contributed by atoms with van der Waals surface area (Å²) in [5.74, 6) is 1.77. The molecular weight excluding hydrogens is 192 g/mol. The molecule has 1 fully saturated rings. The highest BCUT2D eigenvalue weighted by Crippen LogP contribution is 2.05. The van der Waals surface area contributed by atoms with E-state index in [0.29, 0.717) is 6.04 Å². The zero-order valence-corrected chi connectivity index (χ0v) is 9.12. The molecule has 1 atom stereocenters. The summed E-state index contributed by atoms with van der Waals surface area (Å²) in [7, 11) is 0. The zero-order chi connectivity index (χ0) is 10.5. The molecule has 1 saturated heterocycles. The Morgan fingerprint density at radius 1 is 1.60 bits per heavy atom. The fraction of sp³-hybridized carbons (Fsp3) is 0.800. The summed E-state index contributed by atoms with van der Waals surface area (Å²) in [6, 6.07) is 0.513. The van der Waals surface area contributed by atoms with Crippen LogP contribution in [0.4, 0.5) is 0 Å². The Morgan fingerprint density at radius 3 is 3.20 bits per heavy atom. The summed E-state index contributed by atoms with van der Waals surface area (Å²) in [5, 5.41) is 10.4. The molecule has 5 nitrogen and oxygen atoms in total. The third-order valence-corrected chi connectivity index (χ3v) is 2.59. The van der Waals surface area contributed by atoms with Gasteiger partial charge in [0, 0.05) is 25.6 Å². The maximum Gasteiger partial charge on any atom is 0.151 e. The van der Waals surface area contributed by atoms with Gasteiger partial charge in [0.1, 0.15) is 5.82 Å². The largest absolute Gasteiger partial charge is 0.380 e. The van der Waals surface area contributed by atoms with Crippen molar-refractivity contribution in [1.82, 2.24) is 20.5 Å². The first-order valence-electron chi connectivity index (χ1n) is 5.53. The van der Waals surface area contributed by atoms with Crippen LogP contribution in [0.25, 0.3) is 0 Å². The summed E-state index contributed by atoms with van der Waals surface area (Å²) in [4.78, 5) is 4.26. The van der Waals surface area contributed by atoms with Crippen LogP contribution in [0.3, 0.4) is 0 Å². The van der Waals surface area contributed by atoms with E-state index in [0.717, 1.165) is 44.2 Å². The van der Waals surface area contributed by atoms with Gasteiger partial charge in [-0.05, 0) is 19.8 Å². The normalized spacial score (nSPS) is 21.8. The number of nitrogens with zero attached hydrogens (tertiary/aromatic N) is 2. The van der Waals surface area contributed by atoms with Crippen molar-refractivity contribution in [2.24, 2.45) is 0 Å².